The molecule has 1 N–H and O–H groups in total. The van der Waals surface area contributed by atoms with Crippen molar-refractivity contribution in [3.05, 3.63) is 71.8 Å². The van der Waals surface area contributed by atoms with Crippen LogP contribution in [0.1, 0.15) is 11.1 Å². The lowest BCUT2D eigenvalue weighted by molar-refractivity contribution is -0.135. The monoisotopic (exact) mass is 294 g/mol. The quantitative estimate of drug-likeness (QED) is 0.917. The van der Waals surface area contributed by atoms with Crippen molar-refractivity contribution in [2.45, 2.75) is 18.9 Å². The minimum Gasteiger partial charge on any atom is -0.340 e. The van der Waals surface area contributed by atoms with Crippen molar-refractivity contribution in [3.63, 3.8) is 0 Å². The molecule has 3 rings (SSSR count). The summed E-state index contributed by atoms with van der Waals surface area (Å²) in [5.41, 5.74) is 2.49. The molecule has 0 saturated carbocycles. The van der Waals surface area contributed by atoms with E-state index in [1.807, 2.05) is 41.3 Å². The third kappa shape index (κ3) is 3.74. The van der Waals surface area contributed by atoms with Gasteiger partial charge in [0, 0.05) is 19.6 Å². The van der Waals surface area contributed by atoms with Gasteiger partial charge in [-0.15, -0.1) is 0 Å². The van der Waals surface area contributed by atoms with Gasteiger partial charge in [0.1, 0.15) is 0 Å². The Kier molecular flexibility index (Phi) is 4.86. The predicted octanol–water partition coefficient (Wildman–Crippen LogP) is 2.27. The minimum absolute atomic E-state index is 0.0908. The summed E-state index contributed by atoms with van der Waals surface area (Å²) in [7, 11) is 0. The summed E-state index contributed by atoms with van der Waals surface area (Å²) >= 11 is 0. The maximum atomic E-state index is 12.6. The Bertz CT molecular complexity index is 597. The molecule has 3 heteroatoms. The third-order valence-corrected chi connectivity index (χ3v) is 4.18. The van der Waals surface area contributed by atoms with Crippen molar-refractivity contribution >= 4 is 5.91 Å². The lowest BCUT2D eigenvalue weighted by atomic mass is 10.0. The van der Waals surface area contributed by atoms with Crippen LogP contribution in [0.15, 0.2) is 60.7 Å². The highest BCUT2D eigenvalue weighted by Gasteiger charge is 2.27. The zero-order valence-electron chi connectivity index (χ0n) is 12.7. The zero-order valence-corrected chi connectivity index (χ0v) is 12.7. The fourth-order valence-electron chi connectivity index (χ4n) is 2.93. The van der Waals surface area contributed by atoms with Crippen LogP contribution in [0.25, 0.3) is 0 Å². The van der Waals surface area contributed by atoms with Crippen molar-refractivity contribution in [2.24, 2.45) is 0 Å². The van der Waals surface area contributed by atoms with Gasteiger partial charge in [0.05, 0.1) is 6.04 Å². The average Bonchev–Trinajstić information content (AvgIpc) is 2.58. The topological polar surface area (TPSA) is 32.3 Å². The van der Waals surface area contributed by atoms with Gasteiger partial charge in [-0.05, 0) is 24.0 Å². The van der Waals surface area contributed by atoms with Gasteiger partial charge in [-0.2, -0.15) is 0 Å². The first-order valence-electron chi connectivity index (χ1n) is 7.93. The van der Waals surface area contributed by atoms with E-state index >= 15 is 0 Å². The van der Waals surface area contributed by atoms with Gasteiger partial charge in [-0.3, -0.25) is 4.79 Å². The Labute approximate surface area is 132 Å². The van der Waals surface area contributed by atoms with Crippen LogP contribution in [-0.2, 0) is 17.6 Å². The molecule has 2 aromatic rings. The smallest absolute Gasteiger partial charge is 0.240 e. The van der Waals surface area contributed by atoms with Crippen LogP contribution in [0.3, 0.4) is 0 Å². The molecule has 1 aliphatic rings. The van der Waals surface area contributed by atoms with E-state index in [9.17, 15) is 4.79 Å². The van der Waals surface area contributed by atoms with Crippen LogP contribution in [0.2, 0.25) is 0 Å². The van der Waals surface area contributed by atoms with E-state index in [2.05, 4.69) is 29.6 Å². The molecule has 0 spiro atoms. The number of hydrogen-bond donors (Lipinski definition) is 1. The molecule has 0 radical (unpaired) electrons. The molecule has 1 heterocycles. The van der Waals surface area contributed by atoms with Crippen molar-refractivity contribution in [1.29, 1.82) is 0 Å². The molecule has 1 fully saturated rings. The highest BCUT2D eigenvalue weighted by atomic mass is 16.2. The van der Waals surface area contributed by atoms with Gasteiger partial charge >= 0.3 is 0 Å². The molecule has 2 aromatic carbocycles. The first-order valence-corrected chi connectivity index (χ1v) is 7.93. The fraction of sp³-hybridized carbons (Fsp3) is 0.316. The lowest BCUT2D eigenvalue weighted by Gasteiger charge is -2.33. The summed E-state index contributed by atoms with van der Waals surface area (Å²) in [6, 6.07) is 20.5. The molecule has 114 valence electrons. The summed E-state index contributed by atoms with van der Waals surface area (Å²) in [6.07, 6.45) is 1.69. The van der Waals surface area contributed by atoms with Gasteiger partial charge in [-0.1, -0.05) is 60.7 Å². The number of nitrogens with zero attached hydrogens (tertiary/aromatic N) is 1. The van der Waals surface area contributed by atoms with Crippen LogP contribution in [-0.4, -0.2) is 36.5 Å². The van der Waals surface area contributed by atoms with Crippen LogP contribution >= 0.6 is 0 Å². The fourth-order valence-corrected chi connectivity index (χ4v) is 2.93. The number of amides is 1. The molecule has 0 aromatic heterocycles. The van der Waals surface area contributed by atoms with E-state index in [1.54, 1.807) is 0 Å². The number of rotatable bonds is 5. The molecular formula is C19H22N2O. The molecule has 0 unspecified atom stereocenters. The summed E-state index contributed by atoms with van der Waals surface area (Å²) in [6.45, 7) is 2.48. The van der Waals surface area contributed by atoms with Crippen molar-refractivity contribution in [1.82, 2.24) is 10.2 Å². The van der Waals surface area contributed by atoms with Gasteiger partial charge in [-0.25, -0.2) is 0 Å². The van der Waals surface area contributed by atoms with Crippen LogP contribution in [0.5, 0.6) is 0 Å². The SMILES string of the molecule is O=C1[C@@H](Cc2ccccc2)NCCN1CCc1ccccc1. The minimum atomic E-state index is -0.0908. The molecule has 22 heavy (non-hydrogen) atoms. The van der Waals surface area contributed by atoms with E-state index in [1.165, 1.54) is 11.1 Å². The largest absolute Gasteiger partial charge is 0.340 e. The molecule has 3 nitrogen and oxygen atoms in total. The third-order valence-electron chi connectivity index (χ3n) is 4.18. The Morgan fingerprint density at radius 1 is 0.955 bits per heavy atom. The highest BCUT2D eigenvalue weighted by molar-refractivity contribution is 5.83. The maximum absolute atomic E-state index is 12.6. The van der Waals surface area contributed by atoms with Crippen molar-refractivity contribution < 1.29 is 4.79 Å². The van der Waals surface area contributed by atoms with Gasteiger partial charge in [0.25, 0.3) is 0 Å². The molecule has 1 amide bonds. The number of benzene rings is 2. The zero-order chi connectivity index (χ0) is 15.2. The molecule has 1 saturated heterocycles. The molecule has 1 atom stereocenters. The van der Waals surface area contributed by atoms with Crippen LogP contribution < -0.4 is 5.32 Å². The Balaban J connectivity index is 1.58. The number of piperazine rings is 1. The number of carbonyl (C=O) groups is 1. The summed E-state index contributed by atoms with van der Waals surface area (Å²) in [5, 5.41) is 3.35. The van der Waals surface area contributed by atoms with E-state index in [-0.39, 0.29) is 11.9 Å². The lowest BCUT2D eigenvalue weighted by Crippen LogP contribution is -2.56. The Morgan fingerprint density at radius 2 is 1.59 bits per heavy atom. The molecular weight excluding hydrogens is 272 g/mol. The molecule has 1 aliphatic heterocycles. The number of carbonyl (C=O) groups excluding carboxylic acids is 1. The second-order valence-electron chi connectivity index (χ2n) is 5.76. The van der Waals surface area contributed by atoms with E-state index in [0.717, 1.165) is 32.5 Å². The number of nitrogens with one attached hydrogen (secondary N) is 1. The van der Waals surface area contributed by atoms with E-state index in [0.29, 0.717) is 0 Å². The average molecular weight is 294 g/mol. The summed E-state index contributed by atoms with van der Waals surface area (Å²) in [5.74, 6) is 0.228. The van der Waals surface area contributed by atoms with Crippen LogP contribution in [0, 0.1) is 0 Å². The van der Waals surface area contributed by atoms with Gasteiger partial charge in [0.2, 0.25) is 5.91 Å². The van der Waals surface area contributed by atoms with Gasteiger partial charge < -0.3 is 10.2 Å². The second-order valence-corrected chi connectivity index (χ2v) is 5.76. The standard InChI is InChI=1S/C19H22N2O/c22-19-18(15-17-9-5-2-6-10-17)20-12-14-21(19)13-11-16-7-3-1-4-8-16/h1-10,18,20H,11-15H2/t18-/m1/s1. The first-order chi connectivity index (χ1) is 10.8. The molecule has 0 aliphatic carbocycles. The van der Waals surface area contributed by atoms with Gasteiger partial charge in [0.15, 0.2) is 0 Å². The van der Waals surface area contributed by atoms with E-state index in [4.69, 9.17) is 0 Å². The van der Waals surface area contributed by atoms with Crippen LogP contribution in [0.4, 0.5) is 0 Å². The Hall–Kier alpha value is -2.13. The maximum Gasteiger partial charge on any atom is 0.240 e. The van der Waals surface area contributed by atoms with E-state index < -0.39 is 0 Å². The van der Waals surface area contributed by atoms with Crippen molar-refractivity contribution in [3.8, 4) is 0 Å². The summed E-state index contributed by atoms with van der Waals surface area (Å²) in [4.78, 5) is 14.6. The molecule has 0 bridgehead atoms. The summed E-state index contributed by atoms with van der Waals surface area (Å²) < 4.78 is 0. The van der Waals surface area contributed by atoms with Crippen molar-refractivity contribution in [2.75, 3.05) is 19.6 Å². The highest BCUT2D eigenvalue weighted by Crippen LogP contribution is 2.10. The number of hydrogen-bond acceptors (Lipinski definition) is 2. The normalized spacial score (nSPS) is 18.5. The first kappa shape index (κ1) is 14.8. The predicted molar refractivity (Wildman–Crippen MR) is 88.7 cm³/mol. The Morgan fingerprint density at radius 3 is 2.27 bits per heavy atom. The second kappa shape index (κ2) is 7.23.